The summed E-state index contributed by atoms with van der Waals surface area (Å²) in [5.74, 6) is 1.02. The van der Waals surface area contributed by atoms with Gasteiger partial charge < -0.3 is 9.73 Å². The molecule has 2 rings (SSSR count). The second-order valence-corrected chi connectivity index (χ2v) is 5.49. The SMILES string of the molecule is CC(NCCN(C)Cc1ccco1)c1cccs1. The third-order valence-electron chi connectivity index (χ3n) is 2.92. The molecule has 0 fully saturated rings. The van der Waals surface area contributed by atoms with E-state index in [0.29, 0.717) is 6.04 Å². The minimum Gasteiger partial charge on any atom is -0.468 e. The van der Waals surface area contributed by atoms with Crippen LogP contribution in [0.5, 0.6) is 0 Å². The predicted molar refractivity (Wildman–Crippen MR) is 75.8 cm³/mol. The van der Waals surface area contributed by atoms with E-state index in [9.17, 15) is 0 Å². The maximum Gasteiger partial charge on any atom is 0.117 e. The van der Waals surface area contributed by atoms with Crippen LogP contribution in [0.15, 0.2) is 40.3 Å². The standard InChI is InChI=1S/C14H20N2OS/c1-12(14-6-4-10-18-14)15-7-8-16(2)11-13-5-3-9-17-13/h3-6,9-10,12,15H,7-8,11H2,1-2H3. The third kappa shape index (κ3) is 3.98. The van der Waals surface area contributed by atoms with Crippen molar-refractivity contribution < 1.29 is 4.42 Å². The molecule has 0 aliphatic carbocycles. The molecule has 18 heavy (non-hydrogen) atoms. The number of nitrogens with one attached hydrogen (secondary N) is 1. The van der Waals surface area contributed by atoms with Crippen LogP contribution in [-0.4, -0.2) is 25.0 Å². The highest BCUT2D eigenvalue weighted by Crippen LogP contribution is 2.17. The van der Waals surface area contributed by atoms with Crippen molar-refractivity contribution in [2.75, 3.05) is 20.1 Å². The van der Waals surface area contributed by atoms with Gasteiger partial charge in [0, 0.05) is 24.0 Å². The number of likely N-dealkylation sites (N-methyl/N-ethyl adjacent to an activating group) is 1. The van der Waals surface area contributed by atoms with Crippen molar-refractivity contribution in [3.05, 3.63) is 46.5 Å². The van der Waals surface area contributed by atoms with Crippen LogP contribution < -0.4 is 5.32 Å². The smallest absolute Gasteiger partial charge is 0.117 e. The van der Waals surface area contributed by atoms with Crippen molar-refractivity contribution in [3.63, 3.8) is 0 Å². The molecule has 2 heterocycles. The van der Waals surface area contributed by atoms with Gasteiger partial charge in [-0.25, -0.2) is 0 Å². The molecule has 2 aromatic heterocycles. The van der Waals surface area contributed by atoms with Gasteiger partial charge in [-0.15, -0.1) is 11.3 Å². The summed E-state index contributed by atoms with van der Waals surface area (Å²) in [6, 6.07) is 8.65. The summed E-state index contributed by atoms with van der Waals surface area (Å²) in [5, 5.41) is 5.66. The molecule has 1 N–H and O–H groups in total. The topological polar surface area (TPSA) is 28.4 Å². The summed E-state index contributed by atoms with van der Waals surface area (Å²) in [5.41, 5.74) is 0. The Hall–Kier alpha value is -1.10. The molecule has 3 nitrogen and oxygen atoms in total. The molecular weight excluding hydrogens is 244 g/mol. The summed E-state index contributed by atoms with van der Waals surface area (Å²) in [6.45, 7) is 5.06. The Bertz CT molecular complexity index is 425. The van der Waals surface area contributed by atoms with Gasteiger partial charge >= 0.3 is 0 Å². The van der Waals surface area contributed by atoms with E-state index in [2.05, 4.69) is 41.7 Å². The number of rotatable bonds is 7. The molecular formula is C14H20N2OS. The zero-order chi connectivity index (χ0) is 12.8. The quantitative estimate of drug-likeness (QED) is 0.833. The van der Waals surface area contributed by atoms with Crippen LogP contribution in [0.25, 0.3) is 0 Å². The number of thiophene rings is 1. The van der Waals surface area contributed by atoms with Gasteiger partial charge in [0.05, 0.1) is 12.8 Å². The summed E-state index contributed by atoms with van der Waals surface area (Å²) < 4.78 is 5.33. The molecule has 98 valence electrons. The zero-order valence-corrected chi connectivity index (χ0v) is 11.7. The molecule has 2 aromatic rings. The Labute approximate surface area is 112 Å². The van der Waals surface area contributed by atoms with Crippen molar-refractivity contribution >= 4 is 11.3 Å². The highest BCUT2D eigenvalue weighted by Gasteiger charge is 2.06. The summed E-state index contributed by atoms with van der Waals surface area (Å²) >= 11 is 1.80. The van der Waals surface area contributed by atoms with Gasteiger partial charge in [0.25, 0.3) is 0 Å². The van der Waals surface area contributed by atoms with E-state index in [1.165, 1.54) is 4.88 Å². The molecule has 0 saturated carbocycles. The van der Waals surface area contributed by atoms with Gasteiger partial charge in [-0.2, -0.15) is 0 Å². The highest BCUT2D eigenvalue weighted by molar-refractivity contribution is 7.10. The van der Waals surface area contributed by atoms with E-state index in [-0.39, 0.29) is 0 Å². The Morgan fingerprint density at radius 3 is 2.94 bits per heavy atom. The molecule has 0 amide bonds. The fraction of sp³-hybridized carbons (Fsp3) is 0.429. The lowest BCUT2D eigenvalue weighted by molar-refractivity contribution is 0.290. The van der Waals surface area contributed by atoms with E-state index >= 15 is 0 Å². The van der Waals surface area contributed by atoms with E-state index in [1.54, 1.807) is 17.6 Å². The Morgan fingerprint density at radius 2 is 2.28 bits per heavy atom. The van der Waals surface area contributed by atoms with Crippen LogP contribution in [0.4, 0.5) is 0 Å². The first-order valence-corrected chi connectivity index (χ1v) is 7.11. The second-order valence-electron chi connectivity index (χ2n) is 4.51. The Balaban J connectivity index is 1.66. The minimum absolute atomic E-state index is 0.432. The van der Waals surface area contributed by atoms with Crippen LogP contribution in [0.2, 0.25) is 0 Å². The summed E-state index contributed by atoms with van der Waals surface area (Å²) in [4.78, 5) is 3.65. The van der Waals surface area contributed by atoms with Crippen molar-refractivity contribution in [1.29, 1.82) is 0 Å². The van der Waals surface area contributed by atoms with Crippen LogP contribution in [0.1, 0.15) is 23.6 Å². The lowest BCUT2D eigenvalue weighted by Crippen LogP contribution is -2.30. The Morgan fingerprint density at radius 1 is 1.39 bits per heavy atom. The predicted octanol–water partition coefficient (Wildman–Crippen LogP) is 3.12. The first-order chi connectivity index (χ1) is 8.75. The number of hydrogen-bond donors (Lipinski definition) is 1. The maximum atomic E-state index is 5.33. The van der Waals surface area contributed by atoms with E-state index in [1.807, 2.05) is 12.1 Å². The molecule has 0 bridgehead atoms. The molecule has 1 unspecified atom stereocenters. The number of furan rings is 1. The molecule has 1 atom stereocenters. The lowest BCUT2D eigenvalue weighted by atomic mass is 10.3. The van der Waals surface area contributed by atoms with Gasteiger partial charge in [-0.05, 0) is 37.6 Å². The average molecular weight is 264 g/mol. The van der Waals surface area contributed by atoms with E-state index < -0.39 is 0 Å². The van der Waals surface area contributed by atoms with Gasteiger partial charge in [0.1, 0.15) is 5.76 Å². The third-order valence-corrected chi connectivity index (χ3v) is 3.97. The van der Waals surface area contributed by atoms with Crippen LogP contribution in [0, 0.1) is 0 Å². The first kappa shape index (κ1) is 13.3. The van der Waals surface area contributed by atoms with Crippen molar-refractivity contribution in [1.82, 2.24) is 10.2 Å². The fourth-order valence-corrected chi connectivity index (χ4v) is 2.62. The molecule has 0 aliphatic heterocycles. The van der Waals surface area contributed by atoms with Gasteiger partial charge in [-0.3, -0.25) is 4.90 Å². The normalized spacial score (nSPS) is 13.1. The van der Waals surface area contributed by atoms with Gasteiger partial charge in [0.2, 0.25) is 0 Å². The molecule has 0 spiro atoms. The van der Waals surface area contributed by atoms with Gasteiger partial charge in [-0.1, -0.05) is 6.07 Å². The number of hydrogen-bond acceptors (Lipinski definition) is 4. The summed E-state index contributed by atoms with van der Waals surface area (Å²) in [7, 11) is 2.11. The second kappa shape index (κ2) is 6.73. The maximum absolute atomic E-state index is 5.33. The van der Waals surface area contributed by atoms with E-state index in [0.717, 1.165) is 25.4 Å². The largest absolute Gasteiger partial charge is 0.468 e. The van der Waals surface area contributed by atoms with Crippen LogP contribution >= 0.6 is 11.3 Å². The van der Waals surface area contributed by atoms with Gasteiger partial charge in [0.15, 0.2) is 0 Å². The average Bonchev–Trinajstić information content (AvgIpc) is 3.00. The molecule has 0 saturated heterocycles. The molecule has 4 heteroatoms. The highest BCUT2D eigenvalue weighted by atomic mass is 32.1. The van der Waals surface area contributed by atoms with Crippen molar-refractivity contribution in [2.45, 2.75) is 19.5 Å². The van der Waals surface area contributed by atoms with Crippen LogP contribution in [0.3, 0.4) is 0 Å². The van der Waals surface area contributed by atoms with Crippen LogP contribution in [-0.2, 0) is 6.54 Å². The minimum atomic E-state index is 0.432. The molecule has 0 aromatic carbocycles. The van der Waals surface area contributed by atoms with Crippen molar-refractivity contribution in [2.24, 2.45) is 0 Å². The first-order valence-electron chi connectivity index (χ1n) is 6.23. The Kier molecular flexibility index (Phi) is 4.99. The zero-order valence-electron chi connectivity index (χ0n) is 10.9. The fourth-order valence-electron chi connectivity index (χ4n) is 1.86. The summed E-state index contributed by atoms with van der Waals surface area (Å²) in [6.07, 6.45) is 1.72. The molecule has 0 aliphatic rings. The number of nitrogens with zero attached hydrogens (tertiary/aromatic N) is 1. The molecule has 0 radical (unpaired) electrons. The monoisotopic (exact) mass is 264 g/mol. The van der Waals surface area contributed by atoms with E-state index in [4.69, 9.17) is 4.42 Å². The lowest BCUT2D eigenvalue weighted by Gasteiger charge is -2.17. The van der Waals surface area contributed by atoms with Crippen molar-refractivity contribution in [3.8, 4) is 0 Å².